The smallest absolute Gasteiger partial charge is 0.248 e. The molecule has 2 N–H and O–H groups in total. The van der Waals surface area contributed by atoms with Crippen LogP contribution in [-0.4, -0.2) is 25.9 Å². The maximum Gasteiger partial charge on any atom is 0.248 e. The van der Waals surface area contributed by atoms with Crippen molar-refractivity contribution in [1.82, 2.24) is 20.1 Å². The lowest BCUT2D eigenvalue weighted by molar-refractivity contribution is 0.687. The number of thiocarbonyl (C=S) groups is 1. The van der Waals surface area contributed by atoms with Crippen molar-refractivity contribution in [2.75, 3.05) is 5.32 Å². The van der Waals surface area contributed by atoms with E-state index in [4.69, 9.17) is 12.2 Å². The Morgan fingerprint density at radius 1 is 1.45 bits per heavy atom. The van der Waals surface area contributed by atoms with Crippen LogP contribution in [0.2, 0.25) is 0 Å². The minimum absolute atomic E-state index is 0.532. The fourth-order valence-corrected chi connectivity index (χ4v) is 2.23. The van der Waals surface area contributed by atoms with Crippen LogP contribution in [0.3, 0.4) is 0 Å². The molecule has 0 aliphatic heterocycles. The zero-order valence-electron chi connectivity index (χ0n) is 11.3. The topological polar surface area (TPSA) is 54.8 Å². The van der Waals surface area contributed by atoms with Crippen molar-refractivity contribution < 1.29 is 0 Å². The first-order valence-electron chi connectivity index (χ1n) is 6.71. The summed E-state index contributed by atoms with van der Waals surface area (Å²) in [6, 6.07) is 8.90. The molecular formula is C14H17N5S. The summed E-state index contributed by atoms with van der Waals surface area (Å²) in [6.45, 7) is 2.79. The van der Waals surface area contributed by atoms with Gasteiger partial charge in [-0.1, -0.05) is 29.8 Å². The lowest BCUT2D eigenvalue weighted by Gasteiger charge is -2.05. The van der Waals surface area contributed by atoms with E-state index in [1.165, 1.54) is 24.0 Å². The number of aromatic nitrogens is 3. The van der Waals surface area contributed by atoms with Crippen molar-refractivity contribution in [1.29, 1.82) is 0 Å². The minimum atomic E-state index is 0.532. The number of nitrogens with zero attached hydrogens (tertiary/aromatic N) is 3. The van der Waals surface area contributed by atoms with Crippen molar-refractivity contribution in [3.8, 4) is 0 Å². The Bertz CT molecular complexity index is 618. The predicted molar refractivity (Wildman–Crippen MR) is 82.7 cm³/mol. The molecule has 20 heavy (non-hydrogen) atoms. The molecule has 1 aromatic carbocycles. The molecule has 0 saturated heterocycles. The first-order chi connectivity index (χ1) is 9.69. The second-order valence-corrected chi connectivity index (χ2v) is 5.54. The molecule has 1 aromatic heterocycles. The number of rotatable bonds is 4. The zero-order valence-corrected chi connectivity index (χ0v) is 12.2. The van der Waals surface area contributed by atoms with Gasteiger partial charge in [0, 0.05) is 6.04 Å². The van der Waals surface area contributed by atoms with E-state index in [0.717, 1.165) is 0 Å². The van der Waals surface area contributed by atoms with Crippen LogP contribution in [0.1, 0.15) is 24.0 Å². The first kappa shape index (κ1) is 13.1. The Morgan fingerprint density at radius 3 is 3.05 bits per heavy atom. The molecule has 0 bridgehead atoms. The van der Waals surface area contributed by atoms with Gasteiger partial charge in [0.05, 0.1) is 6.54 Å². The second-order valence-electron chi connectivity index (χ2n) is 5.13. The first-order valence-corrected chi connectivity index (χ1v) is 7.12. The Morgan fingerprint density at radius 2 is 2.30 bits per heavy atom. The van der Waals surface area contributed by atoms with Crippen LogP contribution in [0.15, 0.2) is 30.6 Å². The third-order valence-corrected chi connectivity index (χ3v) is 3.32. The Labute approximate surface area is 123 Å². The average molecular weight is 287 g/mol. The minimum Gasteiger partial charge on any atom is -0.360 e. The van der Waals surface area contributed by atoms with E-state index in [0.29, 0.717) is 23.6 Å². The lowest BCUT2D eigenvalue weighted by atomic mass is 10.1. The van der Waals surface area contributed by atoms with Gasteiger partial charge in [-0.2, -0.15) is 0 Å². The number of anilines is 1. The van der Waals surface area contributed by atoms with Crippen molar-refractivity contribution in [2.45, 2.75) is 32.4 Å². The quantitative estimate of drug-likeness (QED) is 0.843. The van der Waals surface area contributed by atoms with Crippen LogP contribution in [0.25, 0.3) is 0 Å². The van der Waals surface area contributed by atoms with E-state index in [1.54, 1.807) is 11.0 Å². The molecule has 0 atom stereocenters. The summed E-state index contributed by atoms with van der Waals surface area (Å²) in [4.78, 5) is 4.22. The number of benzene rings is 1. The summed E-state index contributed by atoms with van der Waals surface area (Å²) in [5, 5.41) is 11.2. The van der Waals surface area contributed by atoms with Gasteiger partial charge in [-0.3, -0.25) is 5.32 Å². The Kier molecular flexibility index (Phi) is 3.64. The molecule has 0 amide bonds. The summed E-state index contributed by atoms with van der Waals surface area (Å²) in [6.07, 6.45) is 4.10. The largest absolute Gasteiger partial charge is 0.360 e. The van der Waals surface area contributed by atoms with Crippen LogP contribution >= 0.6 is 12.2 Å². The fourth-order valence-electron chi connectivity index (χ4n) is 1.98. The van der Waals surface area contributed by atoms with Gasteiger partial charge in [0.15, 0.2) is 5.11 Å². The van der Waals surface area contributed by atoms with E-state index in [-0.39, 0.29) is 0 Å². The van der Waals surface area contributed by atoms with Crippen LogP contribution in [-0.2, 0) is 6.54 Å². The molecule has 3 rings (SSSR count). The van der Waals surface area contributed by atoms with Crippen LogP contribution in [0.5, 0.6) is 0 Å². The van der Waals surface area contributed by atoms with Crippen molar-refractivity contribution in [3.05, 3.63) is 41.7 Å². The van der Waals surface area contributed by atoms with E-state index in [9.17, 15) is 0 Å². The molecule has 1 heterocycles. The molecule has 104 valence electrons. The van der Waals surface area contributed by atoms with Gasteiger partial charge in [-0.25, -0.2) is 9.67 Å². The highest BCUT2D eigenvalue weighted by molar-refractivity contribution is 7.80. The highest BCUT2D eigenvalue weighted by Gasteiger charge is 2.22. The third-order valence-electron chi connectivity index (χ3n) is 3.10. The molecule has 2 aromatic rings. The monoisotopic (exact) mass is 287 g/mol. The van der Waals surface area contributed by atoms with Crippen LogP contribution in [0.4, 0.5) is 5.95 Å². The summed E-state index contributed by atoms with van der Waals surface area (Å²) < 4.78 is 1.80. The molecule has 1 fully saturated rings. The standard InChI is InChI=1S/C14H17N5S/c1-10-3-2-4-11(7-10)8-19-9-15-13(18-19)17-14(20)16-12-5-6-12/h2-4,7,9,12H,5-6,8H2,1H3,(H2,16,17,18,20). The summed E-state index contributed by atoms with van der Waals surface area (Å²) >= 11 is 5.20. The molecular weight excluding hydrogens is 270 g/mol. The molecule has 1 aliphatic carbocycles. The van der Waals surface area contributed by atoms with Gasteiger partial charge in [0.1, 0.15) is 6.33 Å². The van der Waals surface area contributed by atoms with E-state index < -0.39 is 0 Å². The van der Waals surface area contributed by atoms with Crippen molar-refractivity contribution in [3.63, 3.8) is 0 Å². The predicted octanol–water partition coefficient (Wildman–Crippen LogP) is 2.08. The molecule has 0 spiro atoms. The summed E-state index contributed by atoms with van der Waals surface area (Å²) in [5.74, 6) is 0.538. The molecule has 5 nitrogen and oxygen atoms in total. The normalized spacial score (nSPS) is 14.1. The van der Waals surface area contributed by atoms with E-state index >= 15 is 0 Å². The Hall–Kier alpha value is -1.95. The fraction of sp³-hybridized carbons (Fsp3) is 0.357. The lowest BCUT2D eigenvalue weighted by Crippen LogP contribution is -2.30. The van der Waals surface area contributed by atoms with Gasteiger partial charge >= 0.3 is 0 Å². The van der Waals surface area contributed by atoms with Crippen molar-refractivity contribution >= 4 is 23.3 Å². The van der Waals surface area contributed by atoms with Gasteiger partial charge < -0.3 is 5.32 Å². The maximum absolute atomic E-state index is 5.20. The van der Waals surface area contributed by atoms with E-state index in [1.807, 2.05) is 0 Å². The van der Waals surface area contributed by atoms with Crippen molar-refractivity contribution in [2.24, 2.45) is 0 Å². The maximum atomic E-state index is 5.20. The molecule has 0 unspecified atom stereocenters. The number of nitrogens with one attached hydrogen (secondary N) is 2. The molecule has 0 radical (unpaired) electrons. The van der Waals surface area contributed by atoms with Gasteiger partial charge in [-0.15, -0.1) is 5.10 Å². The highest BCUT2D eigenvalue weighted by atomic mass is 32.1. The second kappa shape index (κ2) is 5.58. The number of hydrogen-bond acceptors (Lipinski definition) is 3. The number of aryl methyl sites for hydroxylation is 1. The van der Waals surface area contributed by atoms with Gasteiger partial charge in [0.25, 0.3) is 0 Å². The van der Waals surface area contributed by atoms with E-state index in [2.05, 4.69) is 51.9 Å². The van der Waals surface area contributed by atoms with Gasteiger partial charge in [0.2, 0.25) is 5.95 Å². The molecule has 6 heteroatoms. The molecule has 1 saturated carbocycles. The summed E-state index contributed by atoms with van der Waals surface area (Å²) in [5.41, 5.74) is 2.45. The summed E-state index contributed by atoms with van der Waals surface area (Å²) in [7, 11) is 0. The van der Waals surface area contributed by atoms with Crippen LogP contribution in [0, 0.1) is 6.92 Å². The van der Waals surface area contributed by atoms with Gasteiger partial charge in [-0.05, 0) is 37.5 Å². The zero-order chi connectivity index (χ0) is 13.9. The third kappa shape index (κ3) is 3.54. The highest BCUT2D eigenvalue weighted by Crippen LogP contribution is 2.18. The number of hydrogen-bond donors (Lipinski definition) is 2. The Balaban J connectivity index is 1.59. The average Bonchev–Trinajstić information content (AvgIpc) is 3.09. The SMILES string of the molecule is Cc1cccc(Cn2cnc(NC(=S)NC3CC3)n2)c1. The molecule has 1 aliphatic rings. The van der Waals surface area contributed by atoms with Crippen LogP contribution < -0.4 is 10.6 Å².